The van der Waals surface area contributed by atoms with Crippen molar-refractivity contribution >= 4 is 62.1 Å². The summed E-state index contributed by atoms with van der Waals surface area (Å²) in [5.41, 5.74) is 4.40. The van der Waals surface area contributed by atoms with E-state index in [1.807, 2.05) is 67.6 Å². The molecule has 1 saturated heterocycles. The maximum absolute atomic E-state index is 13.7. The molecule has 1 aliphatic heterocycles. The Balaban J connectivity index is 1.29. The number of pyridine rings is 1. The molecule has 1 unspecified atom stereocenters. The number of rotatable bonds is 6. The number of thioether (sulfide) groups is 1. The van der Waals surface area contributed by atoms with Crippen LogP contribution in [0.25, 0.3) is 22.2 Å². The van der Waals surface area contributed by atoms with E-state index >= 15 is 0 Å². The quantitative estimate of drug-likeness (QED) is 0.0729. The lowest BCUT2D eigenvalue weighted by Crippen LogP contribution is -2.29. The molecule has 0 radical (unpaired) electrons. The molecule has 212 valence electrons. The van der Waals surface area contributed by atoms with Crippen LogP contribution in [0.4, 0.5) is 5.13 Å². The molecule has 1 fully saturated rings. The lowest BCUT2D eigenvalue weighted by atomic mass is 9.96. The molecular weight excluding hydrogens is 579 g/mol. The summed E-state index contributed by atoms with van der Waals surface area (Å²) in [5.74, 6) is -1.16. The van der Waals surface area contributed by atoms with Gasteiger partial charge in [0.2, 0.25) is 5.13 Å². The summed E-state index contributed by atoms with van der Waals surface area (Å²) in [6.07, 6.45) is 1.77. The number of Topliss-reactive ketones (excluding diaryl/α,β-unsaturated/α-hetero) is 1. The number of nitrogens with zero attached hydrogens (tertiary/aromatic N) is 5. The Morgan fingerprint density at radius 1 is 0.930 bits per heavy atom. The number of carbonyl (C=O) groups is 2. The molecule has 0 aliphatic carbocycles. The minimum atomic E-state index is -0.891. The number of imidazole rings is 1. The molecule has 4 heterocycles. The molecule has 1 amide bonds. The van der Waals surface area contributed by atoms with Gasteiger partial charge in [-0.1, -0.05) is 101 Å². The first kappa shape index (κ1) is 27.1. The maximum atomic E-state index is 13.7. The van der Waals surface area contributed by atoms with E-state index in [2.05, 4.69) is 39.4 Å². The predicted octanol–water partition coefficient (Wildman–Crippen LogP) is 6.87. The van der Waals surface area contributed by atoms with E-state index in [0.29, 0.717) is 37.8 Å². The van der Waals surface area contributed by atoms with Gasteiger partial charge in [-0.05, 0) is 47.9 Å². The lowest BCUT2D eigenvalue weighted by molar-refractivity contribution is -0.132. The number of aliphatic hydroxyl groups excluding tert-OH is 1. The topological polar surface area (TPSA) is 101 Å². The van der Waals surface area contributed by atoms with Gasteiger partial charge in [-0.2, -0.15) is 0 Å². The Morgan fingerprint density at radius 2 is 1.70 bits per heavy atom. The highest BCUT2D eigenvalue weighted by Crippen LogP contribution is 2.44. The third-order valence-electron chi connectivity index (χ3n) is 7.60. The number of carbonyl (C=O) groups excluding carboxylic acids is 2. The van der Waals surface area contributed by atoms with E-state index in [1.165, 1.54) is 44.3 Å². The SMILES string of the molecule is Cc1ccc(C2C(=C(O)c3c(C)nc4ccccn34)C(=O)C(=O)N2c2nnc(SCc3cccc4ccccc34)s2)cc1. The van der Waals surface area contributed by atoms with Crippen LogP contribution in [-0.4, -0.2) is 36.4 Å². The highest BCUT2D eigenvalue weighted by atomic mass is 32.2. The van der Waals surface area contributed by atoms with Crippen molar-refractivity contribution in [2.75, 3.05) is 4.90 Å². The summed E-state index contributed by atoms with van der Waals surface area (Å²) in [6, 6.07) is 26.6. The van der Waals surface area contributed by atoms with E-state index in [1.54, 1.807) is 17.5 Å². The van der Waals surface area contributed by atoms with Gasteiger partial charge in [0.25, 0.3) is 5.78 Å². The number of hydrogen-bond acceptors (Lipinski definition) is 8. The zero-order valence-corrected chi connectivity index (χ0v) is 24.9. The Labute approximate surface area is 255 Å². The number of ketones is 1. The third-order valence-corrected chi connectivity index (χ3v) is 9.70. The highest BCUT2D eigenvalue weighted by Gasteiger charge is 2.48. The van der Waals surface area contributed by atoms with Gasteiger partial charge >= 0.3 is 5.91 Å². The molecule has 3 aromatic heterocycles. The molecule has 10 heteroatoms. The van der Waals surface area contributed by atoms with E-state index in [9.17, 15) is 14.7 Å². The van der Waals surface area contributed by atoms with Gasteiger partial charge in [-0.15, -0.1) is 10.2 Å². The number of aliphatic hydroxyl groups is 1. The molecule has 7 rings (SSSR count). The third kappa shape index (κ3) is 4.68. The molecular formula is C33H25N5O3S2. The van der Waals surface area contributed by atoms with E-state index in [4.69, 9.17) is 0 Å². The number of amides is 1. The lowest BCUT2D eigenvalue weighted by Gasteiger charge is -2.22. The monoisotopic (exact) mass is 603 g/mol. The molecule has 0 spiro atoms. The number of aromatic nitrogens is 4. The Kier molecular flexibility index (Phi) is 6.79. The first-order valence-corrected chi connectivity index (χ1v) is 15.5. The maximum Gasteiger partial charge on any atom is 0.301 e. The van der Waals surface area contributed by atoms with Crippen LogP contribution in [0.15, 0.2) is 101 Å². The molecule has 1 N–H and O–H groups in total. The molecule has 1 atom stereocenters. The van der Waals surface area contributed by atoms with Crippen molar-refractivity contribution in [3.05, 3.63) is 125 Å². The van der Waals surface area contributed by atoms with Crippen molar-refractivity contribution < 1.29 is 14.7 Å². The minimum Gasteiger partial charge on any atom is -0.505 e. The van der Waals surface area contributed by atoms with E-state index in [-0.39, 0.29) is 11.3 Å². The molecule has 6 aromatic rings. The van der Waals surface area contributed by atoms with Crippen LogP contribution in [0.1, 0.15) is 34.1 Å². The van der Waals surface area contributed by atoms with Crippen molar-refractivity contribution in [1.82, 2.24) is 19.6 Å². The zero-order chi connectivity index (χ0) is 29.7. The van der Waals surface area contributed by atoms with Gasteiger partial charge in [0.05, 0.1) is 17.3 Å². The van der Waals surface area contributed by atoms with Crippen LogP contribution in [-0.2, 0) is 15.3 Å². The fraction of sp³-hybridized carbons (Fsp3) is 0.121. The number of anilines is 1. The fourth-order valence-electron chi connectivity index (χ4n) is 5.54. The minimum absolute atomic E-state index is 0.0113. The van der Waals surface area contributed by atoms with Crippen molar-refractivity contribution in [2.24, 2.45) is 0 Å². The average Bonchev–Trinajstić information content (AvgIpc) is 3.69. The van der Waals surface area contributed by atoms with Crippen molar-refractivity contribution in [3.8, 4) is 0 Å². The fourth-order valence-corrected chi connectivity index (χ4v) is 7.41. The summed E-state index contributed by atoms with van der Waals surface area (Å²) in [5, 5.41) is 23.1. The Bertz CT molecular complexity index is 2070. The van der Waals surface area contributed by atoms with Gasteiger partial charge in [-0.25, -0.2) is 4.98 Å². The second-order valence-electron chi connectivity index (χ2n) is 10.3. The molecule has 0 saturated carbocycles. The van der Waals surface area contributed by atoms with Crippen LogP contribution in [0.5, 0.6) is 0 Å². The van der Waals surface area contributed by atoms with Gasteiger partial charge in [-0.3, -0.25) is 18.9 Å². The highest BCUT2D eigenvalue weighted by molar-refractivity contribution is 8.00. The largest absolute Gasteiger partial charge is 0.505 e. The van der Waals surface area contributed by atoms with Crippen LogP contribution >= 0.6 is 23.1 Å². The summed E-state index contributed by atoms with van der Waals surface area (Å²) in [6.45, 7) is 3.73. The Hall–Kier alpha value is -4.80. The molecule has 8 nitrogen and oxygen atoms in total. The van der Waals surface area contributed by atoms with Gasteiger partial charge in [0, 0.05) is 11.9 Å². The van der Waals surface area contributed by atoms with Gasteiger partial charge < -0.3 is 5.11 Å². The molecule has 1 aliphatic rings. The van der Waals surface area contributed by atoms with Crippen LogP contribution in [0, 0.1) is 13.8 Å². The normalized spacial score (nSPS) is 16.5. The van der Waals surface area contributed by atoms with Gasteiger partial charge in [0.1, 0.15) is 11.3 Å². The number of benzene rings is 3. The van der Waals surface area contributed by atoms with E-state index in [0.717, 1.165) is 5.56 Å². The summed E-state index contributed by atoms with van der Waals surface area (Å²) < 4.78 is 2.39. The van der Waals surface area contributed by atoms with Crippen LogP contribution in [0.2, 0.25) is 0 Å². The number of hydrogen-bond donors (Lipinski definition) is 1. The van der Waals surface area contributed by atoms with Crippen molar-refractivity contribution in [2.45, 2.75) is 30.0 Å². The Morgan fingerprint density at radius 3 is 2.53 bits per heavy atom. The molecule has 43 heavy (non-hydrogen) atoms. The summed E-state index contributed by atoms with van der Waals surface area (Å²) >= 11 is 2.78. The van der Waals surface area contributed by atoms with Crippen LogP contribution < -0.4 is 4.90 Å². The first-order chi connectivity index (χ1) is 20.9. The molecule has 0 bridgehead atoms. The zero-order valence-electron chi connectivity index (χ0n) is 23.3. The number of aryl methyl sites for hydroxylation is 2. The van der Waals surface area contributed by atoms with Crippen molar-refractivity contribution in [3.63, 3.8) is 0 Å². The summed E-state index contributed by atoms with van der Waals surface area (Å²) in [4.78, 5) is 33.2. The van der Waals surface area contributed by atoms with Crippen LogP contribution in [0.3, 0.4) is 0 Å². The predicted molar refractivity (Wildman–Crippen MR) is 169 cm³/mol. The second kappa shape index (κ2) is 10.8. The van der Waals surface area contributed by atoms with Gasteiger partial charge in [0.15, 0.2) is 10.1 Å². The second-order valence-corrected chi connectivity index (χ2v) is 12.5. The van der Waals surface area contributed by atoms with E-state index < -0.39 is 17.7 Å². The smallest absolute Gasteiger partial charge is 0.301 e. The number of fused-ring (bicyclic) bond motifs is 2. The van der Waals surface area contributed by atoms with Crippen molar-refractivity contribution in [1.29, 1.82) is 0 Å². The standard InChI is InChI=1S/C33H25N5O3S2/c1-19-13-15-22(16-14-19)28-26(29(39)27-20(2)34-25-12-5-6-17-37(25)27)30(40)31(41)38(28)32-35-36-33(43-32)42-18-23-10-7-9-21-8-3-4-11-24(21)23/h3-17,28,39H,18H2,1-2H3. The first-order valence-electron chi connectivity index (χ1n) is 13.7. The summed E-state index contributed by atoms with van der Waals surface area (Å²) in [7, 11) is 0. The molecule has 3 aromatic carbocycles. The average molecular weight is 604 g/mol.